The number of aliphatic imine (C=N–C) groups is 1. The van der Waals surface area contributed by atoms with Gasteiger partial charge < -0.3 is 0 Å². The van der Waals surface area contributed by atoms with Crippen LogP contribution in [0.2, 0.25) is 0 Å². The van der Waals surface area contributed by atoms with E-state index < -0.39 is 5.91 Å². The van der Waals surface area contributed by atoms with Gasteiger partial charge in [0.2, 0.25) is 0 Å². The van der Waals surface area contributed by atoms with Gasteiger partial charge in [-0.15, -0.1) is 0 Å². The number of benzene rings is 3. The van der Waals surface area contributed by atoms with Crippen molar-refractivity contribution in [1.29, 1.82) is 5.26 Å². The second kappa shape index (κ2) is 6.72. The maximum atomic E-state index is 12.1. The lowest BCUT2D eigenvalue weighted by atomic mass is 10.0. The molecule has 140 valence electrons. The average Bonchev–Trinajstić information content (AvgIpc) is 3.19. The summed E-state index contributed by atoms with van der Waals surface area (Å²) >= 11 is 1.74. The Morgan fingerprint density at radius 3 is 2.55 bits per heavy atom. The molecule has 5 rings (SSSR count). The van der Waals surface area contributed by atoms with Crippen molar-refractivity contribution in [2.75, 3.05) is 0 Å². The quantitative estimate of drug-likeness (QED) is 0.561. The summed E-state index contributed by atoms with van der Waals surface area (Å²) in [6, 6.07) is 21.0. The zero-order valence-electron chi connectivity index (χ0n) is 16.2. The average molecular weight is 394 g/mol. The Bertz CT molecular complexity index is 1290. The number of allylic oxidation sites excluding steroid dienone is 1. The molecule has 3 aromatic carbocycles. The first-order valence-electron chi connectivity index (χ1n) is 9.68. The van der Waals surface area contributed by atoms with Crippen molar-refractivity contribution in [3.8, 4) is 6.07 Å². The van der Waals surface area contributed by atoms with Crippen LogP contribution in [0.25, 0.3) is 16.3 Å². The second-order valence-corrected chi connectivity index (χ2v) is 8.93. The van der Waals surface area contributed by atoms with E-state index in [1.165, 1.54) is 10.5 Å². The molecule has 1 aliphatic carbocycles. The summed E-state index contributed by atoms with van der Waals surface area (Å²) in [5.74, 6) is 0.215. The van der Waals surface area contributed by atoms with Gasteiger partial charge in [0.1, 0.15) is 11.6 Å². The van der Waals surface area contributed by atoms with E-state index >= 15 is 0 Å². The van der Waals surface area contributed by atoms with E-state index in [-0.39, 0.29) is 5.57 Å². The predicted molar refractivity (Wildman–Crippen MR) is 117 cm³/mol. The molecule has 0 radical (unpaired) electrons. The van der Waals surface area contributed by atoms with Crippen LogP contribution in [0.1, 0.15) is 30.5 Å². The summed E-state index contributed by atoms with van der Waals surface area (Å²) in [7, 11) is 0. The Balaban J connectivity index is 1.58. The van der Waals surface area contributed by atoms with Gasteiger partial charge in [-0.2, -0.15) is 5.26 Å². The third-order valence-corrected chi connectivity index (χ3v) is 6.43. The minimum Gasteiger partial charge on any atom is -0.266 e. The molecule has 0 saturated heterocycles. The van der Waals surface area contributed by atoms with Crippen molar-refractivity contribution in [3.63, 3.8) is 0 Å². The molecule has 0 N–H and O–H groups in total. The second-order valence-electron chi connectivity index (χ2n) is 7.81. The highest BCUT2D eigenvalue weighted by Gasteiger charge is 2.36. The first-order chi connectivity index (χ1) is 14.1. The normalized spacial score (nSPS) is 14.6. The van der Waals surface area contributed by atoms with E-state index in [1.54, 1.807) is 11.8 Å². The molecule has 4 heteroatoms. The van der Waals surface area contributed by atoms with Gasteiger partial charge in [-0.05, 0) is 47.1 Å². The fraction of sp³-hybridized carbons (Fsp3) is 0.160. The number of fused-ring (bicyclic) bond motifs is 3. The molecular formula is C25H18N2OS. The lowest BCUT2D eigenvalue weighted by molar-refractivity contribution is -0.113. The van der Waals surface area contributed by atoms with E-state index in [2.05, 4.69) is 55.2 Å². The SMILES string of the molecule is CC(C)Cc1ccc(Sc2ccc3c4c(cccc24)C2=NC(=O)C(C#N)=C23)cc1. The zero-order valence-corrected chi connectivity index (χ0v) is 17.0. The van der Waals surface area contributed by atoms with E-state index in [4.69, 9.17) is 0 Å². The number of nitrogens with zero attached hydrogens (tertiary/aromatic N) is 2. The van der Waals surface area contributed by atoms with Crippen LogP contribution < -0.4 is 0 Å². The van der Waals surface area contributed by atoms with E-state index in [9.17, 15) is 10.1 Å². The van der Waals surface area contributed by atoms with Crippen LogP contribution in [0, 0.1) is 17.2 Å². The van der Waals surface area contributed by atoms with Crippen LogP contribution in [-0.4, -0.2) is 11.6 Å². The minimum absolute atomic E-state index is 0.152. The first kappa shape index (κ1) is 17.9. The summed E-state index contributed by atoms with van der Waals surface area (Å²) in [5, 5.41) is 11.7. The molecule has 0 atom stereocenters. The molecule has 1 aliphatic heterocycles. The van der Waals surface area contributed by atoms with Crippen LogP contribution in [0.5, 0.6) is 0 Å². The molecule has 0 saturated carbocycles. The molecule has 3 nitrogen and oxygen atoms in total. The van der Waals surface area contributed by atoms with Crippen molar-refractivity contribution in [2.45, 2.75) is 30.1 Å². The maximum Gasteiger partial charge on any atom is 0.288 e. The molecule has 29 heavy (non-hydrogen) atoms. The monoisotopic (exact) mass is 394 g/mol. The van der Waals surface area contributed by atoms with Crippen LogP contribution >= 0.6 is 11.8 Å². The molecule has 0 spiro atoms. The largest absolute Gasteiger partial charge is 0.288 e. The minimum atomic E-state index is -0.430. The van der Waals surface area contributed by atoms with E-state index in [1.807, 2.05) is 24.3 Å². The Morgan fingerprint density at radius 1 is 1.03 bits per heavy atom. The number of amides is 1. The highest BCUT2D eigenvalue weighted by molar-refractivity contribution is 7.99. The zero-order chi connectivity index (χ0) is 20.1. The van der Waals surface area contributed by atoms with Crippen molar-refractivity contribution in [2.24, 2.45) is 10.9 Å². The van der Waals surface area contributed by atoms with Gasteiger partial charge in [0.05, 0.1) is 5.71 Å². The standard InChI is InChI=1S/C25H18N2OS/c1-14(2)12-15-6-8-16(9-7-15)29-21-11-10-18-22-17(21)4-3-5-19(22)24-23(18)20(13-26)25(28)27-24/h3-11,14H,12H2,1-2H3. The summed E-state index contributed by atoms with van der Waals surface area (Å²) in [6.45, 7) is 4.46. The maximum absolute atomic E-state index is 12.1. The van der Waals surface area contributed by atoms with Crippen molar-refractivity contribution >= 4 is 39.7 Å². The van der Waals surface area contributed by atoms with Crippen LogP contribution in [0.15, 0.2) is 75.0 Å². The summed E-state index contributed by atoms with van der Waals surface area (Å²) < 4.78 is 0. The number of nitriles is 1. The third kappa shape index (κ3) is 2.82. The summed E-state index contributed by atoms with van der Waals surface area (Å²) in [6.07, 6.45) is 1.09. The molecule has 0 fully saturated rings. The molecule has 0 aromatic heterocycles. The lowest BCUT2D eigenvalue weighted by Gasteiger charge is -2.10. The molecule has 0 bridgehead atoms. The first-order valence-corrected chi connectivity index (χ1v) is 10.5. The Hall–Kier alpha value is -3.16. The molecule has 1 amide bonds. The van der Waals surface area contributed by atoms with Gasteiger partial charge in [0.25, 0.3) is 5.91 Å². The summed E-state index contributed by atoms with van der Waals surface area (Å²) in [4.78, 5) is 18.6. The Morgan fingerprint density at radius 2 is 1.83 bits per heavy atom. The molecule has 1 heterocycles. The summed E-state index contributed by atoms with van der Waals surface area (Å²) in [5.41, 5.74) is 4.73. The predicted octanol–water partition coefficient (Wildman–Crippen LogP) is 5.81. The Labute approximate surface area is 173 Å². The molecule has 0 unspecified atom stereocenters. The van der Waals surface area contributed by atoms with Gasteiger partial charge in [0, 0.05) is 26.3 Å². The van der Waals surface area contributed by atoms with Gasteiger partial charge in [0.15, 0.2) is 0 Å². The number of rotatable bonds is 4. The van der Waals surface area contributed by atoms with Crippen LogP contribution in [0.3, 0.4) is 0 Å². The van der Waals surface area contributed by atoms with E-state index in [0.29, 0.717) is 17.2 Å². The van der Waals surface area contributed by atoms with Gasteiger partial charge in [-0.1, -0.05) is 62.0 Å². The fourth-order valence-corrected chi connectivity index (χ4v) is 5.11. The number of carbonyl (C=O) groups is 1. The van der Waals surface area contributed by atoms with Crippen molar-refractivity contribution < 1.29 is 4.79 Å². The molecular weight excluding hydrogens is 376 g/mol. The molecule has 2 aliphatic rings. The topological polar surface area (TPSA) is 53.2 Å². The molecule has 3 aromatic rings. The highest BCUT2D eigenvalue weighted by atomic mass is 32.2. The Kier molecular flexibility index (Phi) is 4.15. The number of hydrogen-bond donors (Lipinski definition) is 0. The van der Waals surface area contributed by atoms with Gasteiger partial charge >= 0.3 is 0 Å². The lowest BCUT2D eigenvalue weighted by Crippen LogP contribution is -1.93. The van der Waals surface area contributed by atoms with Crippen molar-refractivity contribution in [3.05, 3.63) is 76.9 Å². The highest BCUT2D eigenvalue weighted by Crippen LogP contribution is 2.46. The van der Waals surface area contributed by atoms with Gasteiger partial charge in [-0.25, -0.2) is 4.99 Å². The van der Waals surface area contributed by atoms with Crippen LogP contribution in [-0.2, 0) is 11.2 Å². The number of carbonyl (C=O) groups excluding carboxylic acids is 1. The third-order valence-electron chi connectivity index (χ3n) is 5.35. The van der Waals surface area contributed by atoms with Crippen molar-refractivity contribution in [1.82, 2.24) is 0 Å². The smallest absolute Gasteiger partial charge is 0.266 e. The van der Waals surface area contributed by atoms with Gasteiger partial charge in [-0.3, -0.25) is 4.79 Å². The number of hydrogen-bond acceptors (Lipinski definition) is 3. The van der Waals surface area contributed by atoms with Crippen LogP contribution in [0.4, 0.5) is 0 Å². The van der Waals surface area contributed by atoms with E-state index in [0.717, 1.165) is 33.2 Å². The fourth-order valence-electron chi connectivity index (χ4n) is 4.17.